The lowest BCUT2D eigenvalue weighted by molar-refractivity contribution is -0.0450. The molecule has 5 atom stereocenters. The van der Waals surface area contributed by atoms with E-state index in [2.05, 4.69) is 34.6 Å². The summed E-state index contributed by atoms with van der Waals surface area (Å²) in [6, 6.07) is 0. The average molecular weight is 230 g/mol. The van der Waals surface area contributed by atoms with Gasteiger partial charge in [-0.05, 0) is 38.0 Å². The average Bonchev–Trinajstić information content (AvgIpc) is 2.20. The van der Waals surface area contributed by atoms with E-state index in [1.807, 2.05) is 0 Å². The molecule has 1 rings (SSSR count). The maximum Gasteiger partial charge on any atom is 0.0604 e. The largest absolute Gasteiger partial charge is 0.393 e. The molecule has 2 heteroatoms. The van der Waals surface area contributed by atoms with Gasteiger partial charge in [-0.3, -0.25) is 0 Å². The third-order valence-electron chi connectivity index (χ3n) is 5.14. The van der Waals surface area contributed by atoms with Crippen molar-refractivity contribution in [3.8, 4) is 0 Å². The van der Waals surface area contributed by atoms with Crippen LogP contribution in [0.5, 0.6) is 0 Å². The Kier molecular flexibility index (Phi) is 3.83. The molecule has 1 N–H and O–H groups in total. The van der Waals surface area contributed by atoms with Crippen LogP contribution in [-0.4, -0.2) is 16.0 Å². The fourth-order valence-corrected chi connectivity index (χ4v) is 3.57. The van der Waals surface area contributed by atoms with E-state index in [-0.39, 0.29) is 16.3 Å². The van der Waals surface area contributed by atoms with Crippen molar-refractivity contribution < 1.29 is 5.11 Å². The Morgan fingerprint density at radius 1 is 1.40 bits per heavy atom. The third-order valence-corrected chi connectivity index (χ3v) is 6.06. The molecule has 1 saturated carbocycles. The number of hydrogen-bond donors (Lipinski definition) is 2. The van der Waals surface area contributed by atoms with Crippen LogP contribution < -0.4 is 0 Å². The maximum absolute atomic E-state index is 10.2. The molecule has 0 aromatic heterocycles. The van der Waals surface area contributed by atoms with Gasteiger partial charge in [0, 0.05) is 10.2 Å². The molecule has 0 aromatic rings. The highest BCUT2D eigenvalue weighted by molar-refractivity contribution is 7.81. The first-order valence-corrected chi connectivity index (χ1v) is 6.62. The van der Waals surface area contributed by atoms with Gasteiger partial charge in [0.2, 0.25) is 0 Å². The van der Waals surface area contributed by atoms with E-state index in [9.17, 15) is 5.11 Å². The molecule has 0 bridgehead atoms. The highest BCUT2D eigenvalue weighted by Gasteiger charge is 2.53. The summed E-state index contributed by atoms with van der Waals surface area (Å²) in [4.78, 5) is 0. The Morgan fingerprint density at radius 3 is 2.40 bits per heavy atom. The fraction of sp³-hybridized carbons (Fsp3) is 1.00. The normalized spacial score (nSPS) is 49.0. The molecule has 0 amide bonds. The second kappa shape index (κ2) is 4.29. The SMILES string of the molecule is CCC(O)[C@]1(C)CC[C@@H](C)[C@@H](C)[C@]1(C)S. The van der Waals surface area contributed by atoms with E-state index in [1.165, 1.54) is 6.42 Å². The van der Waals surface area contributed by atoms with Crippen LogP contribution in [0, 0.1) is 17.3 Å². The number of aliphatic hydroxyl groups excluding tert-OH is 1. The van der Waals surface area contributed by atoms with Crippen molar-refractivity contribution in [2.45, 2.75) is 64.7 Å². The summed E-state index contributed by atoms with van der Waals surface area (Å²) in [5.41, 5.74) is -0.0449. The minimum Gasteiger partial charge on any atom is -0.393 e. The van der Waals surface area contributed by atoms with Gasteiger partial charge >= 0.3 is 0 Å². The molecule has 0 heterocycles. The third kappa shape index (κ3) is 1.95. The minimum atomic E-state index is -0.227. The molecule has 0 spiro atoms. The zero-order chi connectivity index (χ0) is 11.9. The highest BCUT2D eigenvalue weighted by atomic mass is 32.1. The van der Waals surface area contributed by atoms with E-state index >= 15 is 0 Å². The van der Waals surface area contributed by atoms with Gasteiger partial charge in [-0.25, -0.2) is 0 Å². The minimum absolute atomic E-state index is 0.0449. The smallest absolute Gasteiger partial charge is 0.0604 e. The molecule has 90 valence electrons. The first-order chi connectivity index (χ1) is 6.77. The highest BCUT2D eigenvalue weighted by Crippen LogP contribution is 2.55. The summed E-state index contributed by atoms with van der Waals surface area (Å²) in [6.07, 6.45) is 2.90. The van der Waals surface area contributed by atoms with Crippen LogP contribution in [0.1, 0.15) is 53.9 Å². The van der Waals surface area contributed by atoms with Gasteiger partial charge in [0.05, 0.1) is 6.10 Å². The summed E-state index contributed by atoms with van der Waals surface area (Å²) in [5.74, 6) is 1.27. The standard InChI is InChI=1S/C13H26OS/c1-6-11(14)12(4)8-7-9(2)10(3)13(12,5)15/h9-11,14-15H,6-8H2,1-5H3/t9-,10-,11?,12+,13+/m1/s1. The number of hydrogen-bond acceptors (Lipinski definition) is 2. The molecule has 1 aliphatic rings. The van der Waals surface area contributed by atoms with Crippen LogP contribution in [-0.2, 0) is 0 Å². The second-order valence-corrected chi connectivity index (χ2v) is 6.72. The second-order valence-electron chi connectivity index (χ2n) is 5.79. The Hall–Kier alpha value is 0.310. The molecular weight excluding hydrogens is 204 g/mol. The lowest BCUT2D eigenvalue weighted by Crippen LogP contribution is -2.55. The molecule has 1 fully saturated rings. The van der Waals surface area contributed by atoms with Gasteiger partial charge < -0.3 is 5.11 Å². The van der Waals surface area contributed by atoms with Crippen molar-refractivity contribution in [2.24, 2.45) is 17.3 Å². The van der Waals surface area contributed by atoms with Crippen molar-refractivity contribution in [3.63, 3.8) is 0 Å². The van der Waals surface area contributed by atoms with Gasteiger partial charge in [0.25, 0.3) is 0 Å². The monoisotopic (exact) mass is 230 g/mol. The van der Waals surface area contributed by atoms with Gasteiger partial charge in [0.1, 0.15) is 0 Å². The van der Waals surface area contributed by atoms with Crippen LogP contribution in [0.2, 0.25) is 0 Å². The molecule has 1 nitrogen and oxygen atoms in total. The first-order valence-electron chi connectivity index (χ1n) is 6.17. The quantitative estimate of drug-likeness (QED) is 0.696. The molecule has 0 saturated heterocycles. The van der Waals surface area contributed by atoms with Gasteiger partial charge in [-0.1, -0.05) is 27.7 Å². The van der Waals surface area contributed by atoms with Crippen LogP contribution in [0.25, 0.3) is 0 Å². The Morgan fingerprint density at radius 2 is 1.93 bits per heavy atom. The summed E-state index contributed by atoms with van der Waals surface area (Å²) in [7, 11) is 0. The van der Waals surface area contributed by atoms with Crippen molar-refractivity contribution in [1.29, 1.82) is 0 Å². The van der Waals surface area contributed by atoms with Crippen molar-refractivity contribution in [1.82, 2.24) is 0 Å². The zero-order valence-corrected chi connectivity index (χ0v) is 11.6. The first kappa shape index (κ1) is 13.4. The molecule has 0 aromatic carbocycles. The predicted molar refractivity (Wildman–Crippen MR) is 69.4 cm³/mol. The molecule has 1 aliphatic carbocycles. The van der Waals surface area contributed by atoms with E-state index < -0.39 is 0 Å². The van der Waals surface area contributed by atoms with E-state index in [1.54, 1.807) is 0 Å². The molecule has 15 heavy (non-hydrogen) atoms. The fourth-order valence-electron chi connectivity index (χ4n) is 3.06. The Labute approximate surface area is 100 Å². The van der Waals surface area contributed by atoms with Gasteiger partial charge in [-0.15, -0.1) is 0 Å². The van der Waals surface area contributed by atoms with Crippen molar-refractivity contribution in [3.05, 3.63) is 0 Å². The number of aliphatic hydroxyl groups is 1. The van der Waals surface area contributed by atoms with Crippen molar-refractivity contribution in [2.75, 3.05) is 0 Å². The van der Waals surface area contributed by atoms with Crippen LogP contribution >= 0.6 is 12.6 Å². The lowest BCUT2D eigenvalue weighted by Gasteiger charge is -2.55. The maximum atomic E-state index is 10.2. The van der Waals surface area contributed by atoms with Crippen LogP contribution in [0.4, 0.5) is 0 Å². The lowest BCUT2D eigenvalue weighted by atomic mass is 9.57. The summed E-state index contributed by atoms with van der Waals surface area (Å²) < 4.78 is -0.0694. The van der Waals surface area contributed by atoms with E-state index in [4.69, 9.17) is 12.6 Å². The Bertz CT molecular complexity index is 227. The number of thiol groups is 1. The predicted octanol–water partition coefficient (Wildman–Crippen LogP) is 3.52. The molecule has 0 radical (unpaired) electrons. The van der Waals surface area contributed by atoms with E-state index in [0.29, 0.717) is 11.8 Å². The molecule has 1 unspecified atom stereocenters. The summed E-state index contributed by atoms with van der Waals surface area (Å²) >= 11 is 4.89. The van der Waals surface area contributed by atoms with Crippen LogP contribution in [0.3, 0.4) is 0 Å². The van der Waals surface area contributed by atoms with Gasteiger partial charge in [0.15, 0.2) is 0 Å². The number of rotatable bonds is 2. The van der Waals surface area contributed by atoms with Crippen LogP contribution in [0.15, 0.2) is 0 Å². The zero-order valence-electron chi connectivity index (χ0n) is 10.7. The Balaban J connectivity index is 3.00. The van der Waals surface area contributed by atoms with Gasteiger partial charge in [-0.2, -0.15) is 12.6 Å². The van der Waals surface area contributed by atoms with Crippen molar-refractivity contribution >= 4 is 12.6 Å². The molecule has 0 aliphatic heterocycles. The summed E-state index contributed by atoms with van der Waals surface area (Å²) in [6.45, 7) is 11.0. The molecular formula is C13H26OS. The topological polar surface area (TPSA) is 20.2 Å². The summed E-state index contributed by atoms with van der Waals surface area (Å²) in [5, 5.41) is 10.2. The van der Waals surface area contributed by atoms with E-state index in [0.717, 1.165) is 12.8 Å².